The smallest absolute Gasteiger partial charge is 0.232 e. The molecule has 0 radical (unpaired) electrons. The van der Waals surface area contributed by atoms with Crippen molar-refractivity contribution in [3.05, 3.63) is 47.9 Å². The minimum absolute atomic E-state index is 0.402. The second-order valence-electron chi connectivity index (χ2n) is 5.40. The fourth-order valence-electron chi connectivity index (χ4n) is 2.66. The zero-order valence-corrected chi connectivity index (χ0v) is 13.4. The number of sulfonamides is 1. The van der Waals surface area contributed by atoms with Crippen molar-refractivity contribution in [1.82, 2.24) is 9.97 Å². The van der Waals surface area contributed by atoms with E-state index < -0.39 is 10.0 Å². The van der Waals surface area contributed by atoms with E-state index in [0.717, 1.165) is 22.8 Å². The van der Waals surface area contributed by atoms with E-state index in [0.29, 0.717) is 19.6 Å². The molecule has 1 aromatic heterocycles. The number of fused-ring (bicyclic) bond motifs is 1. The van der Waals surface area contributed by atoms with Crippen LogP contribution in [0.2, 0.25) is 0 Å². The zero-order valence-electron chi connectivity index (χ0n) is 12.6. The lowest BCUT2D eigenvalue weighted by Crippen LogP contribution is -2.35. The van der Waals surface area contributed by atoms with Gasteiger partial charge in [-0.1, -0.05) is 18.2 Å². The molecule has 0 fully saturated rings. The maximum Gasteiger partial charge on any atom is 0.232 e. The number of benzene rings is 1. The maximum absolute atomic E-state index is 12.1. The Bertz CT molecular complexity index is 792. The summed E-state index contributed by atoms with van der Waals surface area (Å²) in [6, 6.07) is 9.51. The number of hydrogen-bond acceptors (Lipinski definition) is 5. The average molecular weight is 318 g/mol. The molecule has 22 heavy (non-hydrogen) atoms. The van der Waals surface area contributed by atoms with Gasteiger partial charge < -0.3 is 4.90 Å². The van der Waals surface area contributed by atoms with Crippen molar-refractivity contribution in [1.29, 1.82) is 0 Å². The fraction of sp³-hybridized carbons (Fsp3) is 0.333. The van der Waals surface area contributed by atoms with Crippen molar-refractivity contribution in [2.45, 2.75) is 13.5 Å². The van der Waals surface area contributed by atoms with E-state index in [9.17, 15) is 8.42 Å². The zero-order chi connectivity index (χ0) is 15.7. The summed E-state index contributed by atoms with van der Waals surface area (Å²) in [5.41, 5.74) is 2.61. The summed E-state index contributed by atoms with van der Waals surface area (Å²) in [5, 5.41) is 0. The average Bonchev–Trinajstić information content (AvgIpc) is 2.66. The molecule has 3 rings (SSSR count). The lowest BCUT2D eigenvalue weighted by atomic mass is 10.1. The second-order valence-corrected chi connectivity index (χ2v) is 7.31. The van der Waals surface area contributed by atoms with E-state index in [1.165, 1.54) is 16.9 Å². The van der Waals surface area contributed by atoms with Crippen LogP contribution < -0.4 is 9.21 Å². The maximum atomic E-state index is 12.1. The largest absolute Gasteiger partial charge is 0.350 e. The van der Waals surface area contributed by atoms with Gasteiger partial charge in [-0.05, 0) is 18.6 Å². The van der Waals surface area contributed by atoms with E-state index in [4.69, 9.17) is 0 Å². The van der Waals surface area contributed by atoms with Crippen LogP contribution in [-0.4, -0.2) is 37.7 Å². The van der Waals surface area contributed by atoms with E-state index in [-0.39, 0.29) is 0 Å². The van der Waals surface area contributed by atoms with Gasteiger partial charge in [0.1, 0.15) is 12.1 Å². The highest BCUT2D eigenvalue weighted by Gasteiger charge is 2.25. The van der Waals surface area contributed by atoms with Gasteiger partial charge in [-0.2, -0.15) is 0 Å². The number of aromatic nitrogens is 2. The van der Waals surface area contributed by atoms with Crippen LogP contribution >= 0.6 is 0 Å². The molecule has 0 atom stereocenters. The van der Waals surface area contributed by atoms with Gasteiger partial charge in [0.05, 0.1) is 18.5 Å². The Labute approximate surface area is 130 Å². The van der Waals surface area contributed by atoms with E-state index in [1.807, 2.05) is 37.3 Å². The SMILES string of the molecule is Cc1cc(N2CCN(S(C)(=O)=O)c3ccccc3C2)ncn1. The van der Waals surface area contributed by atoms with Crippen molar-refractivity contribution in [2.75, 3.05) is 28.6 Å². The molecule has 1 aromatic carbocycles. The van der Waals surface area contributed by atoms with Gasteiger partial charge in [0.25, 0.3) is 0 Å². The van der Waals surface area contributed by atoms with Gasteiger partial charge in [0.15, 0.2) is 0 Å². The molecule has 0 saturated carbocycles. The number of aryl methyl sites for hydroxylation is 1. The Morgan fingerprint density at radius 3 is 2.64 bits per heavy atom. The number of rotatable bonds is 2. The van der Waals surface area contributed by atoms with E-state index in [1.54, 1.807) is 0 Å². The van der Waals surface area contributed by atoms with Crippen LogP contribution in [0.1, 0.15) is 11.3 Å². The molecule has 0 bridgehead atoms. The van der Waals surface area contributed by atoms with E-state index in [2.05, 4.69) is 14.9 Å². The fourth-order valence-corrected chi connectivity index (χ4v) is 3.61. The summed E-state index contributed by atoms with van der Waals surface area (Å²) in [6.45, 7) is 3.52. The second kappa shape index (κ2) is 5.57. The molecule has 2 heterocycles. The van der Waals surface area contributed by atoms with Gasteiger partial charge in [0.2, 0.25) is 10.0 Å². The summed E-state index contributed by atoms with van der Waals surface area (Å²) >= 11 is 0. The molecule has 2 aromatic rings. The predicted octanol–water partition coefficient (Wildman–Crippen LogP) is 1.57. The Morgan fingerprint density at radius 1 is 1.14 bits per heavy atom. The first-order valence-electron chi connectivity index (χ1n) is 7.04. The molecule has 1 aliphatic heterocycles. The molecule has 0 spiro atoms. The highest BCUT2D eigenvalue weighted by Crippen LogP contribution is 2.28. The predicted molar refractivity (Wildman–Crippen MR) is 86.5 cm³/mol. The Kier molecular flexibility index (Phi) is 3.74. The number of anilines is 2. The third-order valence-electron chi connectivity index (χ3n) is 3.71. The molecule has 1 aliphatic rings. The first-order chi connectivity index (χ1) is 10.4. The quantitative estimate of drug-likeness (QED) is 0.841. The van der Waals surface area contributed by atoms with Gasteiger partial charge in [0, 0.05) is 24.8 Å². The monoisotopic (exact) mass is 318 g/mol. The minimum Gasteiger partial charge on any atom is -0.350 e. The van der Waals surface area contributed by atoms with Crippen molar-refractivity contribution in [3.8, 4) is 0 Å². The molecule has 0 saturated heterocycles. The van der Waals surface area contributed by atoms with Crippen molar-refractivity contribution in [3.63, 3.8) is 0 Å². The summed E-state index contributed by atoms with van der Waals surface area (Å²) in [6.07, 6.45) is 2.78. The third-order valence-corrected chi connectivity index (χ3v) is 4.89. The van der Waals surface area contributed by atoms with Gasteiger partial charge in [-0.3, -0.25) is 4.31 Å². The number of nitrogens with zero attached hydrogens (tertiary/aromatic N) is 4. The Balaban J connectivity index is 2.02. The molecule has 0 amide bonds. The minimum atomic E-state index is -3.30. The van der Waals surface area contributed by atoms with Crippen LogP contribution in [0.25, 0.3) is 0 Å². The summed E-state index contributed by atoms with van der Waals surface area (Å²) in [5.74, 6) is 0.817. The topological polar surface area (TPSA) is 66.4 Å². The van der Waals surface area contributed by atoms with Crippen LogP contribution in [0.5, 0.6) is 0 Å². The number of hydrogen-bond donors (Lipinski definition) is 0. The molecular weight excluding hydrogens is 300 g/mol. The van der Waals surface area contributed by atoms with Crippen molar-refractivity contribution in [2.24, 2.45) is 0 Å². The van der Waals surface area contributed by atoms with Crippen LogP contribution in [-0.2, 0) is 16.6 Å². The molecular formula is C15H18N4O2S. The highest BCUT2D eigenvalue weighted by atomic mass is 32.2. The molecule has 6 nitrogen and oxygen atoms in total. The number of para-hydroxylation sites is 1. The first kappa shape index (κ1) is 14.8. The molecule has 7 heteroatoms. The van der Waals surface area contributed by atoms with Crippen LogP contribution in [0.3, 0.4) is 0 Å². The van der Waals surface area contributed by atoms with Crippen molar-refractivity contribution < 1.29 is 8.42 Å². The van der Waals surface area contributed by atoms with Crippen LogP contribution in [0, 0.1) is 6.92 Å². The van der Waals surface area contributed by atoms with Crippen LogP contribution in [0.15, 0.2) is 36.7 Å². The lowest BCUT2D eigenvalue weighted by Gasteiger charge is -2.23. The van der Waals surface area contributed by atoms with Gasteiger partial charge in [-0.25, -0.2) is 18.4 Å². The molecule has 0 N–H and O–H groups in total. The Morgan fingerprint density at radius 2 is 1.91 bits per heavy atom. The van der Waals surface area contributed by atoms with Crippen molar-refractivity contribution >= 4 is 21.5 Å². The third kappa shape index (κ3) is 2.89. The lowest BCUT2D eigenvalue weighted by molar-refractivity contribution is 0.596. The molecule has 116 valence electrons. The normalized spacial score (nSPS) is 15.4. The summed E-state index contributed by atoms with van der Waals surface area (Å²) in [4.78, 5) is 10.5. The summed E-state index contributed by atoms with van der Waals surface area (Å²) < 4.78 is 25.6. The van der Waals surface area contributed by atoms with E-state index >= 15 is 0 Å². The highest BCUT2D eigenvalue weighted by molar-refractivity contribution is 7.92. The molecule has 0 unspecified atom stereocenters. The van der Waals surface area contributed by atoms with Crippen LogP contribution in [0.4, 0.5) is 11.5 Å². The summed E-state index contributed by atoms with van der Waals surface area (Å²) in [7, 11) is -3.30. The standard InChI is InChI=1S/C15H18N4O2S/c1-12-9-15(17-11-16-12)18-7-8-19(22(2,20)21)14-6-4-3-5-13(14)10-18/h3-6,9,11H,7-8,10H2,1-2H3. The van der Waals surface area contributed by atoms with Gasteiger partial charge >= 0.3 is 0 Å². The molecule has 0 aliphatic carbocycles. The van der Waals surface area contributed by atoms with Gasteiger partial charge in [-0.15, -0.1) is 0 Å². The first-order valence-corrected chi connectivity index (χ1v) is 8.89. The Hall–Kier alpha value is -2.15.